The van der Waals surface area contributed by atoms with Gasteiger partial charge in [-0.1, -0.05) is 0 Å². The number of nitrogens with one attached hydrogen (secondary N) is 1. The SMILES string of the molecule is CC(CN1CCCC1)NCC(C)S(C)(=O)=O. The highest BCUT2D eigenvalue weighted by Gasteiger charge is 2.17. The van der Waals surface area contributed by atoms with Gasteiger partial charge < -0.3 is 10.2 Å². The average Bonchev–Trinajstić information content (AvgIpc) is 2.65. The van der Waals surface area contributed by atoms with Gasteiger partial charge in [0, 0.05) is 25.4 Å². The van der Waals surface area contributed by atoms with E-state index in [2.05, 4.69) is 17.1 Å². The highest BCUT2D eigenvalue weighted by atomic mass is 32.2. The molecule has 4 nitrogen and oxygen atoms in total. The van der Waals surface area contributed by atoms with Crippen molar-refractivity contribution in [3.8, 4) is 0 Å². The minimum absolute atomic E-state index is 0.298. The normalized spacial score (nSPS) is 22.2. The van der Waals surface area contributed by atoms with Crippen molar-refractivity contribution in [1.29, 1.82) is 0 Å². The molecule has 1 aliphatic rings. The van der Waals surface area contributed by atoms with Gasteiger partial charge in [0.15, 0.2) is 9.84 Å². The molecular weight excluding hydrogens is 224 g/mol. The lowest BCUT2D eigenvalue weighted by Gasteiger charge is -2.22. The van der Waals surface area contributed by atoms with E-state index in [1.54, 1.807) is 6.92 Å². The Labute approximate surface area is 99.3 Å². The van der Waals surface area contributed by atoms with E-state index >= 15 is 0 Å². The fourth-order valence-electron chi connectivity index (χ4n) is 1.94. The molecule has 0 saturated carbocycles. The van der Waals surface area contributed by atoms with E-state index in [0.717, 1.165) is 6.54 Å². The van der Waals surface area contributed by atoms with Crippen LogP contribution in [0.2, 0.25) is 0 Å². The Hall–Kier alpha value is -0.130. The van der Waals surface area contributed by atoms with Crippen molar-refractivity contribution in [3.05, 3.63) is 0 Å². The summed E-state index contributed by atoms with van der Waals surface area (Å²) >= 11 is 0. The van der Waals surface area contributed by atoms with Crippen molar-refractivity contribution in [2.45, 2.75) is 38.0 Å². The second-order valence-corrected chi connectivity index (χ2v) is 7.42. The first-order valence-corrected chi connectivity index (χ1v) is 7.99. The maximum Gasteiger partial charge on any atom is 0.151 e. The number of rotatable bonds is 6. The third-order valence-electron chi connectivity index (χ3n) is 3.22. The molecule has 0 spiro atoms. The van der Waals surface area contributed by atoms with E-state index in [4.69, 9.17) is 0 Å². The topological polar surface area (TPSA) is 49.4 Å². The molecule has 1 heterocycles. The molecule has 1 aliphatic heterocycles. The molecule has 1 fully saturated rings. The Morgan fingerprint density at radius 3 is 2.31 bits per heavy atom. The molecule has 0 amide bonds. The smallest absolute Gasteiger partial charge is 0.151 e. The lowest BCUT2D eigenvalue weighted by atomic mass is 10.3. The predicted octanol–water partition coefficient (Wildman–Crippen LogP) is 0.493. The molecule has 0 radical (unpaired) electrons. The lowest BCUT2D eigenvalue weighted by molar-refractivity contribution is 0.299. The Bertz CT molecular complexity index is 297. The average molecular weight is 248 g/mol. The van der Waals surface area contributed by atoms with E-state index < -0.39 is 9.84 Å². The van der Waals surface area contributed by atoms with Crippen molar-refractivity contribution >= 4 is 9.84 Å². The molecule has 0 aliphatic carbocycles. The van der Waals surface area contributed by atoms with Crippen molar-refractivity contribution < 1.29 is 8.42 Å². The van der Waals surface area contributed by atoms with Crippen LogP contribution in [0, 0.1) is 0 Å². The Morgan fingerprint density at radius 1 is 1.25 bits per heavy atom. The van der Waals surface area contributed by atoms with Crippen LogP contribution in [0.5, 0.6) is 0 Å². The lowest BCUT2D eigenvalue weighted by Crippen LogP contribution is -2.42. The summed E-state index contributed by atoms with van der Waals surface area (Å²) < 4.78 is 22.5. The fourth-order valence-corrected chi connectivity index (χ4v) is 2.33. The van der Waals surface area contributed by atoms with Crippen LogP contribution in [0.25, 0.3) is 0 Å². The zero-order valence-electron chi connectivity index (χ0n) is 10.6. The minimum Gasteiger partial charge on any atom is -0.312 e. The maximum atomic E-state index is 11.2. The molecular formula is C11H24N2O2S. The van der Waals surface area contributed by atoms with Crippen molar-refractivity contribution in [2.24, 2.45) is 0 Å². The van der Waals surface area contributed by atoms with Crippen LogP contribution in [0.3, 0.4) is 0 Å². The summed E-state index contributed by atoms with van der Waals surface area (Å²) in [5.41, 5.74) is 0. The Balaban J connectivity index is 2.21. The maximum absolute atomic E-state index is 11.2. The van der Waals surface area contributed by atoms with Gasteiger partial charge in [0.05, 0.1) is 5.25 Å². The van der Waals surface area contributed by atoms with E-state index in [9.17, 15) is 8.42 Å². The molecule has 5 heteroatoms. The molecule has 0 aromatic carbocycles. The third-order valence-corrected chi connectivity index (χ3v) is 4.84. The third kappa shape index (κ3) is 4.80. The molecule has 0 aromatic heterocycles. The number of hydrogen-bond acceptors (Lipinski definition) is 4. The highest BCUT2D eigenvalue weighted by molar-refractivity contribution is 7.91. The van der Waals surface area contributed by atoms with Gasteiger partial charge in [-0.05, 0) is 39.8 Å². The first-order valence-electron chi connectivity index (χ1n) is 6.04. The van der Waals surface area contributed by atoms with Crippen molar-refractivity contribution in [2.75, 3.05) is 32.4 Å². The van der Waals surface area contributed by atoms with Crippen LogP contribution in [0.15, 0.2) is 0 Å². The van der Waals surface area contributed by atoms with Gasteiger partial charge >= 0.3 is 0 Å². The van der Waals surface area contributed by atoms with E-state index in [1.165, 1.54) is 32.2 Å². The predicted molar refractivity (Wildman–Crippen MR) is 67.4 cm³/mol. The summed E-state index contributed by atoms with van der Waals surface area (Å²) in [5, 5.41) is 3.00. The fraction of sp³-hybridized carbons (Fsp3) is 1.00. The monoisotopic (exact) mass is 248 g/mol. The summed E-state index contributed by atoms with van der Waals surface area (Å²) in [6.45, 7) is 7.82. The second-order valence-electron chi connectivity index (χ2n) is 4.96. The zero-order chi connectivity index (χ0) is 12.2. The molecule has 2 atom stereocenters. The summed E-state index contributed by atoms with van der Waals surface area (Å²) in [6, 6.07) is 0.363. The minimum atomic E-state index is -2.90. The molecule has 1 N–H and O–H groups in total. The van der Waals surface area contributed by atoms with E-state index in [0.29, 0.717) is 12.6 Å². The summed E-state index contributed by atoms with van der Waals surface area (Å²) in [6.07, 6.45) is 3.89. The largest absolute Gasteiger partial charge is 0.312 e. The van der Waals surface area contributed by atoms with Crippen LogP contribution in [-0.4, -0.2) is 57.0 Å². The summed E-state index contributed by atoms with van der Waals surface area (Å²) in [4.78, 5) is 2.43. The highest BCUT2D eigenvalue weighted by Crippen LogP contribution is 2.07. The van der Waals surface area contributed by atoms with Gasteiger partial charge in [0.2, 0.25) is 0 Å². The first kappa shape index (κ1) is 13.9. The molecule has 1 saturated heterocycles. The van der Waals surface area contributed by atoms with Crippen LogP contribution in [0.4, 0.5) is 0 Å². The van der Waals surface area contributed by atoms with Crippen LogP contribution in [0.1, 0.15) is 26.7 Å². The Kier molecular flexibility index (Phi) is 5.21. The van der Waals surface area contributed by atoms with Gasteiger partial charge in [-0.15, -0.1) is 0 Å². The van der Waals surface area contributed by atoms with Gasteiger partial charge in [0.1, 0.15) is 0 Å². The molecule has 96 valence electrons. The number of hydrogen-bond donors (Lipinski definition) is 1. The zero-order valence-corrected chi connectivity index (χ0v) is 11.4. The first-order chi connectivity index (χ1) is 7.39. The quantitative estimate of drug-likeness (QED) is 0.743. The standard InChI is InChI=1S/C11H24N2O2S/c1-10(9-13-6-4-5-7-13)12-8-11(2)16(3,14)15/h10-12H,4-9H2,1-3H3. The van der Waals surface area contributed by atoms with E-state index in [-0.39, 0.29) is 5.25 Å². The second kappa shape index (κ2) is 5.98. The van der Waals surface area contributed by atoms with Crippen LogP contribution < -0.4 is 5.32 Å². The molecule has 16 heavy (non-hydrogen) atoms. The van der Waals surface area contributed by atoms with Gasteiger partial charge in [0.25, 0.3) is 0 Å². The van der Waals surface area contributed by atoms with Crippen molar-refractivity contribution in [1.82, 2.24) is 10.2 Å². The Morgan fingerprint density at radius 2 is 1.81 bits per heavy atom. The number of likely N-dealkylation sites (tertiary alicyclic amines) is 1. The summed E-state index contributed by atoms with van der Waals surface area (Å²) in [7, 11) is -2.90. The van der Waals surface area contributed by atoms with Gasteiger partial charge in [-0.25, -0.2) is 8.42 Å². The van der Waals surface area contributed by atoms with Crippen LogP contribution in [-0.2, 0) is 9.84 Å². The molecule has 0 aromatic rings. The molecule has 2 unspecified atom stereocenters. The van der Waals surface area contributed by atoms with Crippen LogP contribution >= 0.6 is 0 Å². The summed E-state index contributed by atoms with van der Waals surface area (Å²) in [5.74, 6) is 0. The van der Waals surface area contributed by atoms with Crippen molar-refractivity contribution in [3.63, 3.8) is 0 Å². The van der Waals surface area contributed by atoms with Gasteiger partial charge in [-0.2, -0.15) is 0 Å². The molecule has 1 rings (SSSR count). The number of nitrogens with zero attached hydrogens (tertiary/aromatic N) is 1. The van der Waals surface area contributed by atoms with E-state index in [1.807, 2.05) is 0 Å². The number of sulfone groups is 1. The molecule has 0 bridgehead atoms. The van der Waals surface area contributed by atoms with Gasteiger partial charge in [-0.3, -0.25) is 0 Å².